The van der Waals surface area contributed by atoms with Gasteiger partial charge in [-0.15, -0.1) is 0 Å². The second kappa shape index (κ2) is 7.96. The monoisotopic (exact) mass is 423 g/mol. The molecule has 10 heteroatoms. The predicted molar refractivity (Wildman–Crippen MR) is 108 cm³/mol. The van der Waals surface area contributed by atoms with Gasteiger partial charge in [-0.3, -0.25) is 10.1 Å². The van der Waals surface area contributed by atoms with E-state index in [1.54, 1.807) is 36.4 Å². The Morgan fingerprint density at radius 3 is 2.33 bits per heavy atom. The van der Waals surface area contributed by atoms with Gasteiger partial charge in [-0.25, -0.2) is 9.97 Å². The standard InChI is InChI=1S/C17H12Cl3N5O2/c1-9-2-4-11(7-13(9)20)23-16-15(25(26)27)17(22-8-21-16)24-14-6-10(18)3-5-12(14)19/h2-8H,1H3,(H2,21,22,23,24). The lowest BCUT2D eigenvalue weighted by Gasteiger charge is -2.11. The Kier molecular flexibility index (Phi) is 5.65. The van der Waals surface area contributed by atoms with Gasteiger partial charge in [0.2, 0.25) is 11.6 Å². The van der Waals surface area contributed by atoms with E-state index in [9.17, 15) is 10.1 Å². The van der Waals surface area contributed by atoms with Crippen molar-refractivity contribution in [1.82, 2.24) is 9.97 Å². The third-order valence-electron chi connectivity index (χ3n) is 3.62. The Bertz CT molecular complexity index is 1030. The fourth-order valence-electron chi connectivity index (χ4n) is 2.26. The molecule has 3 rings (SSSR count). The Labute approximate surface area is 169 Å². The number of nitrogens with one attached hydrogen (secondary N) is 2. The predicted octanol–water partition coefficient (Wildman–Crippen LogP) is 6.14. The minimum atomic E-state index is -0.584. The van der Waals surface area contributed by atoms with E-state index >= 15 is 0 Å². The first-order valence-corrected chi connectivity index (χ1v) is 8.73. The van der Waals surface area contributed by atoms with Crippen LogP contribution in [0.25, 0.3) is 0 Å². The largest absolute Gasteiger partial charge is 0.353 e. The van der Waals surface area contributed by atoms with Crippen LogP contribution < -0.4 is 10.6 Å². The summed E-state index contributed by atoms with van der Waals surface area (Å²) in [6, 6.07) is 9.92. The number of hydrogen-bond donors (Lipinski definition) is 2. The van der Waals surface area contributed by atoms with Crippen molar-refractivity contribution in [2.24, 2.45) is 0 Å². The molecule has 0 unspecified atom stereocenters. The number of halogens is 3. The molecule has 7 nitrogen and oxygen atoms in total. The summed E-state index contributed by atoms with van der Waals surface area (Å²) >= 11 is 18.2. The molecule has 1 aromatic heterocycles. The highest BCUT2D eigenvalue weighted by Gasteiger charge is 2.24. The van der Waals surface area contributed by atoms with Gasteiger partial charge in [0.1, 0.15) is 6.33 Å². The molecule has 0 spiro atoms. The van der Waals surface area contributed by atoms with Gasteiger partial charge in [0, 0.05) is 15.7 Å². The zero-order chi connectivity index (χ0) is 19.6. The lowest BCUT2D eigenvalue weighted by Crippen LogP contribution is -2.05. The normalized spacial score (nSPS) is 10.5. The van der Waals surface area contributed by atoms with Gasteiger partial charge in [0.05, 0.1) is 15.6 Å². The Hall–Kier alpha value is -2.61. The van der Waals surface area contributed by atoms with Gasteiger partial charge in [0.25, 0.3) is 0 Å². The lowest BCUT2D eigenvalue weighted by molar-refractivity contribution is -0.383. The van der Waals surface area contributed by atoms with Crippen LogP contribution in [0.15, 0.2) is 42.7 Å². The molecule has 138 valence electrons. The van der Waals surface area contributed by atoms with Gasteiger partial charge in [0.15, 0.2) is 0 Å². The molecule has 0 saturated heterocycles. The maximum atomic E-state index is 11.7. The fraction of sp³-hybridized carbons (Fsp3) is 0.0588. The van der Waals surface area contributed by atoms with Crippen LogP contribution in [-0.2, 0) is 0 Å². The van der Waals surface area contributed by atoms with E-state index in [0.29, 0.717) is 26.4 Å². The van der Waals surface area contributed by atoms with E-state index in [0.717, 1.165) is 5.56 Å². The molecule has 0 aliphatic carbocycles. The van der Waals surface area contributed by atoms with Crippen LogP contribution in [0.1, 0.15) is 5.56 Å². The second-order valence-electron chi connectivity index (χ2n) is 5.51. The van der Waals surface area contributed by atoms with Crippen LogP contribution in [0.5, 0.6) is 0 Å². The molecule has 0 bridgehead atoms. The maximum Gasteiger partial charge on any atom is 0.353 e. The molecule has 3 aromatic rings. The van der Waals surface area contributed by atoms with Crippen LogP contribution in [0.2, 0.25) is 15.1 Å². The van der Waals surface area contributed by atoms with E-state index in [2.05, 4.69) is 20.6 Å². The minimum Gasteiger partial charge on any atom is -0.334 e. The van der Waals surface area contributed by atoms with Crippen LogP contribution in [0, 0.1) is 17.0 Å². The number of anilines is 4. The first-order chi connectivity index (χ1) is 12.8. The summed E-state index contributed by atoms with van der Waals surface area (Å²) in [6.45, 7) is 1.86. The third kappa shape index (κ3) is 4.39. The van der Waals surface area contributed by atoms with Gasteiger partial charge < -0.3 is 10.6 Å². The first-order valence-electron chi connectivity index (χ1n) is 7.60. The highest BCUT2D eigenvalue weighted by atomic mass is 35.5. The summed E-state index contributed by atoms with van der Waals surface area (Å²) in [5.41, 5.74) is 1.48. The number of nitrogens with zero attached hydrogens (tertiary/aromatic N) is 3. The molecular formula is C17H12Cl3N5O2. The zero-order valence-electron chi connectivity index (χ0n) is 13.8. The summed E-state index contributed by atoms with van der Waals surface area (Å²) in [4.78, 5) is 19.0. The zero-order valence-corrected chi connectivity index (χ0v) is 16.1. The molecule has 0 saturated carbocycles. The van der Waals surface area contributed by atoms with Crippen molar-refractivity contribution in [1.29, 1.82) is 0 Å². The Balaban J connectivity index is 2.00. The van der Waals surface area contributed by atoms with Crippen molar-refractivity contribution in [3.63, 3.8) is 0 Å². The van der Waals surface area contributed by atoms with Crippen LogP contribution in [0.3, 0.4) is 0 Å². The quantitative estimate of drug-likeness (QED) is 0.377. The van der Waals surface area contributed by atoms with Gasteiger partial charge in [-0.1, -0.05) is 40.9 Å². The van der Waals surface area contributed by atoms with E-state index in [-0.39, 0.29) is 17.3 Å². The van der Waals surface area contributed by atoms with Crippen molar-refractivity contribution >= 4 is 63.5 Å². The fourth-order valence-corrected chi connectivity index (χ4v) is 2.78. The molecule has 2 aromatic carbocycles. The summed E-state index contributed by atoms with van der Waals surface area (Å²) in [5, 5.41) is 18.7. The van der Waals surface area contributed by atoms with Crippen LogP contribution >= 0.6 is 34.8 Å². The number of aryl methyl sites for hydroxylation is 1. The summed E-state index contributed by atoms with van der Waals surface area (Å²) < 4.78 is 0. The summed E-state index contributed by atoms with van der Waals surface area (Å²) in [6.07, 6.45) is 1.20. The molecule has 27 heavy (non-hydrogen) atoms. The number of hydrogen-bond acceptors (Lipinski definition) is 6. The Morgan fingerprint density at radius 1 is 0.963 bits per heavy atom. The van der Waals surface area contributed by atoms with Crippen molar-refractivity contribution in [3.05, 3.63) is 73.5 Å². The van der Waals surface area contributed by atoms with E-state index in [1.807, 2.05) is 6.92 Å². The molecule has 2 N–H and O–H groups in total. The molecule has 0 amide bonds. The van der Waals surface area contributed by atoms with Crippen molar-refractivity contribution in [2.75, 3.05) is 10.6 Å². The highest BCUT2D eigenvalue weighted by molar-refractivity contribution is 6.35. The first kappa shape index (κ1) is 19.2. The van der Waals surface area contributed by atoms with E-state index in [4.69, 9.17) is 34.8 Å². The Morgan fingerprint density at radius 2 is 1.67 bits per heavy atom. The van der Waals surface area contributed by atoms with Crippen molar-refractivity contribution in [2.45, 2.75) is 6.92 Å². The van der Waals surface area contributed by atoms with E-state index in [1.165, 1.54) is 6.33 Å². The van der Waals surface area contributed by atoms with Gasteiger partial charge in [-0.2, -0.15) is 0 Å². The van der Waals surface area contributed by atoms with Crippen LogP contribution in [0.4, 0.5) is 28.7 Å². The minimum absolute atomic E-state index is 0.00979. The molecular weight excluding hydrogens is 413 g/mol. The van der Waals surface area contributed by atoms with Crippen molar-refractivity contribution in [3.8, 4) is 0 Å². The number of nitro groups is 1. The van der Waals surface area contributed by atoms with Gasteiger partial charge in [-0.05, 0) is 42.8 Å². The number of aromatic nitrogens is 2. The lowest BCUT2D eigenvalue weighted by atomic mass is 10.2. The molecule has 0 aliphatic rings. The van der Waals surface area contributed by atoms with Crippen LogP contribution in [-0.4, -0.2) is 14.9 Å². The summed E-state index contributed by atoms with van der Waals surface area (Å²) in [7, 11) is 0. The van der Waals surface area contributed by atoms with Gasteiger partial charge >= 0.3 is 5.69 Å². The molecule has 0 atom stereocenters. The number of benzene rings is 2. The SMILES string of the molecule is Cc1ccc(Nc2ncnc(Nc3cc(Cl)ccc3Cl)c2[N+](=O)[O-])cc1Cl. The summed E-state index contributed by atoms with van der Waals surface area (Å²) in [5.74, 6) is -0.0181. The molecule has 0 radical (unpaired) electrons. The van der Waals surface area contributed by atoms with E-state index < -0.39 is 4.92 Å². The average molecular weight is 425 g/mol. The highest BCUT2D eigenvalue weighted by Crippen LogP contribution is 2.36. The third-order valence-corrected chi connectivity index (χ3v) is 4.59. The average Bonchev–Trinajstić information content (AvgIpc) is 2.61. The van der Waals surface area contributed by atoms with Crippen molar-refractivity contribution < 1.29 is 4.92 Å². The topological polar surface area (TPSA) is 93.0 Å². The molecule has 0 fully saturated rings. The number of rotatable bonds is 5. The molecule has 0 aliphatic heterocycles. The smallest absolute Gasteiger partial charge is 0.334 e. The molecule has 1 heterocycles. The second-order valence-corrected chi connectivity index (χ2v) is 6.77. The maximum absolute atomic E-state index is 11.7.